The van der Waals surface area contributed by atoms with Gasteiger partial charge in [0.25, 0.3) is 11.1 Å². The van der Waals surface area contributed by atoms with Gasteiger partial charge in [0.2, 0.25) is 0 Å². The van der Waals surface area contributed by atoms with E-state index in [9.17, 15) is 19.5 Å². The Morgan fingerprint density at radius 1 is 1.21 bits per heavy atom. The number of carboxylic acid groups (broad SMARTS) is 1. The number of rotatable bonds is 6. The molecule has 0 aromatic heterocycles. The average Bonchev–Trinajstić information content (AvgIpc) is 2.95. The molecule has 0 aliphatic carbocycles. The van der Waals surface area contributed by atoms with Gasteiger partial charge >= 0.3 is 0 Å². The lowest BCUT2D eigenvalue weighted by molar-refractivity contribution is -0.255. The van der Waals surface area contributed by atoms with E-state index < -0.39 is 11.9 Å². The molecule has 0 N–H and O–H groups in total. The van der Waals surface area contributed by atoms with Crippen LogP contribution in [-0.2, 0) is 11.4 Å². The molecule has 0 unspecified atom stereocenters. The molecule has 28 heavy (non-hydrogen) atoms. The number of hydrogen-bond acceptors (Lipinski definition) is 6. The summed E-state index contributed by atoms with van der Waals surface area (Å²) in [5.41, 5.74) is 1.53. The number of carbonyl (C=O) groups is 3. The second kappa shape index (κ2) is 8.46. The maximum absolute atomic E-state index is 12.2. The number of ether oxygens (including phenoxy) is 1. The van der Waals surface area contributed by atoms with E-state index in [2.05, 4.69) is 5.92 Å². The predicted octanol–water partition coefficient (Wildman–Crippen LogP) is 2.30. The van der Waals surface area contributed by atoms with Crippen LogP contribution in [0.15, 0.2) is 53.4 Å². The van der Waals surface area contributed by atoms with Crippen molar-refractivity contribution in [2.24, 2.45) is 0 Å². The van der Waals surface area contributed by atoms with Crippen LogP contribution in [0.5, 0.6) is 5.75 Å². The van der Waals surface area contributed by atoms with Gasteiger partial charge < -0.3 is 14.6 Å². The van der Waals surface area contributed by atoms with Gasteiger partial charge in [0.1, 0.15) is 12.4 Å². The minimum Gasteiger partial charge on any atom is -0.545 e. The third kappa shape index (κ3) is 4.42. The van der Waals surface area contributed by atoms with E-state index in [0.29, 0.717) is 16.2 Å². The molecule has 2 amide bonds. The molecule has 0 radical (unpaired) electrons. The molecule has 0 spiro atoms. The van der Waals surface area contributed by atoms with Crippen LogP contribution < -0.4 is 9.84 Å². The standard InChI is InChI=1S/C21H15NO5S/c1-2-10-22-19(23)18(28-21(22)26)12-14-6-8-17(9-7-14)27-13-15-4-3-5-16(11-15)20(24)25/h1,3-9,11-12H,10,13H2,(H,24,25)/p-1/b18-12+. The van der Waals surface area contributed by atoms with Crippen molar-refractivity contribution in [3.05, 3.63) is 70.1 Å². The van der Waals surface area contributed by atoms with Crippen LogP contribution in [0.3, 0.4) is 0 Å². The van der Waals surface area contributed by atoms with E-state index in [4.69, 9.17) is 11.2 Å². The molecule has 2 aromatic rings. The summed E-state index contributed by atoms with van der Waals surface area (Å²) in [7, 11) is 0. The first-order valence-corrected chi connectivity index (χ1v) is 9.01. The molecule has 7 heteroatoms. The van der Waals surface area contributed by atoms with Crippen LogP contribution in [0.2, 0.25) is 0 Å². The Balaban J connectivity index is 1.65. The topological polar surface area (TPSA) is 86.7 Å². The number of imide groups is 1. The first kappa shape index (κ1) is 19.3. The zero-order valence-corrected chi connectivity index (χ0v) is 15.4. The van der Waals surface area contributed by atoms with Crippen LogP contribution in [-0.4, -0.2) is 28.6 Å². The molecule has 0 bridgehead atoms. The summed E-state index contributed by atoms with van der Waals surface area (Å²) in [6, 6.07) is 13.3. The summed E-state index contributed by atoms with van der Waals surface area (Å²) < 4.78 is 5.65. The number of nitrogens with zero attached hydrogens (tertiary/aromatic N) is 1. The van der Waals surface area contributed by atoms with Crippen LogP contribution in [0.4, 0.5) is 4.79 Å². The molecule has 140 valence electrons. The highest BCUT2D eigenvalue weighted by molar-refractivity contribution is 8.18. The summed E-state index contributed by atoms with van der Waals surface area (Å²) >= 11 is 0.851. The Kier molecular flexibility index (Phi) is 5.82. The molecule has 1 aliphatic rings. The lowest BCUT2D eigenvalue weighted by atomic mass is 10.1. The van der Waals surface area contributed by atoms with Crippen LogP contribution >= 0.6 is 11.8 Å². The van der Waals surface area contributed by atoms with E-state index >= 15 is 0 Å². The Bertz CT molecular complexity index is 1000. The van der Waals surface area contributed by atoms with Gasteiger partial charge in [0.15, 0.2) is 0 Å². The van der Waals surface area contributed by atoms with Crippen molar-refractivity contribution in [1.29, 1.82) is 0 Å². The minimum absolute atomic E-state index is 0.0477. The SMILES string of the molecule is C#CCN1C(=O)S/C(=C/c2ccc(OCc3cccc(C(=O)[O-])c3)cc2)C1=O. The largest absolute Gasteiger partial charge is 0.545 e. The fourth-order valence-corrected chi connectivity index (χ4v) is 3.33. The zero-order valence-electron chi connectivity index (χ0n) is 14.6. The summed E-state index contributed by atoms with van der Waals surface area (Å²) in [5.74, 6) is 1.23. The van der Waals surface area contributed by atoms with E-state index in [1.165, 1.54) is 12.1 Å². The van der Waals surface area contributed by atoms with Crippen molar-refractivity contribution >= 4 is 35.0 Å². The third-order valence-electron chi connectivity index (χ3n) is 3.87. The first-order valence-electron chi connectivity index (χ1n) is 8.20. The second-order valence-corrected chi connectivity index (χ2v) is 6.81. The van der Waals surface area contributed by atoms with Gasteiger partial charge in [-0.05, 0) is 52.7 Å². The van der Waals surface area contributed by atoms with Gasteiger partial charge in [-0.2, -0.15) is 0 Å². The smallest absolute Gasteiger partial charge is 0.294 e. The van der Waals surface area contributed by atoms with Gasteiger partial charge in [-0.3, -0.25) is 14.5 Å². The number of hydrogen-bond donors (Lipinski definition) is 0. The number of terminal acetylenes is 1. The molecule has 1 heterocycles. The zero-order chi connectivity index (χ0) is 20.1. The highest BCUT2D eigenvalue weighted by Crippen LogP contribution is 2.32. The highest BCUT2D eigenvalue weighted by Gasteiger charge is 2.34. The van der Waals surface area contributed by atoms with Crippen molar-refractivity contribution < 1.29 is 24.2 Å². The molecule has 0 atom stereocenters. The predicted molar refractivity (Wildman–Crippen MR) is 103 cm³/mol. The summed E-state index contributed by atoms with van der Waals surface area (Å²) in [5, 5.41) is 10.5. The Hall–Kier alpha value is -3.50. The maximum atomic E-state index is 12.2. The van der Waals surface area contributed by atoms with Gasteiger partial charge in [-0.15, -0.1) is 6.42 Å². The van der Waals surface area contributed by atoms with E-state index in [-0.39, 0.29) is 24.0 Å². The third-order valence-corrected chi connectivity index (χ3v) is 4.78. The molecule has 2 aromatic carbocycles. The Morgan fingerprint density at radius 2 is 1.96 bits per heavy atom. The normalized spacial score (nSPS) is 15.0. The van der Waals surface area contributed by atoms with E-state index in [0.717, 1.165) is 22.2 Å². The van der Waals surface area contributed by atoms with Gasteiger partial charge in [-0.25, -0.2) is 0 Å². The molecule has 6 nitrogen and oxygen atoms in total. The molecular formula is C21H14NO5S-. The maximum Gasteiger partial charge on any atom is 0.294 e. The fourth-order valence-electron chi connectivity index (χ4n) is 2.49. The Morgan fingerprint density at radius 3 is 2.64 bits per heavy atom. The minimum atomic E-state index is -1.24. The van der Waals surface area contributed by atoms with Crippen LogP contribution in [0.25, 0.3) is 6.08 Å². The molecule has 1 saturated heterocycles. The van der Waals surface area contributed by atoms with Gasteiger partial charge in [0.05, 0.1) is 17.4 Å². The summed E-state index contributed by atoms with van der Waals surface area (Å²) in [4.78, 5) is 36.2. The average molecular weight is 392 g/mol. The monoisotopic (exact) mass is 392 g/mol. The number of aromatic carboxylic acids is 1. The van der Waals surface area contributed by atoms with Crippen LogP contribution in [0.1, 0.15) is 21.5 Å². The van der Waals surface area contributed by atoms with Gasteiger partial charge in [-0.1, -0.05) is 36.3 Å². The summed E-state index contributed by atoms with van der Waals surface area (Å²) in [6.07, 6.45) is 6.79. The number of benzene rings is 2. The van der Waals surface area contributed by atoms with Gasteiger partial charge in [0, 0.05) is 0 Å². The van der Waals surface area contributed by atoms with Crippen molar-refractivity contribution in [1.82, 2.24) is 4.90 Å². The molecule has 1 fully saturated rings. The molecule has 1 aliphatic heterocycles. The number of carboxylic acids is 1. The number of thioether (sulfide) groups is 1. The van der Waals surface area contributed by atoms with Crippen molar-refractivity contribution in [2.45, 2.75) is 6.61 Å². The van der Waals surface area contributed by atoms with E-state index in [1.807, 2.05) is 0 Å². The highest BCUT2D eigenvalue weighted by atomic mass is 32.2. The van der Waals surface area contributed by atoms with Crippen LogP contribution in [0, 0.1) is 12.3 Å². The number of amides is 2. The summed E-state index contributed by atoms with van der Waals surface area (Å²) in [6.45, 7) is 0.152. The molecule has 0 saturated carbocycles. The first-order chi connectivity index (χ1) is 13.5. The fraction of sp³-hybridized carbons (Fsp3) is 0.0952. The quantitative estimate of drug-likeness (QED) is 0.554. The van der Waals surface area contributed by atoms with Crippen molar-refractivity contribution in [3.63, 3.8) is 0 Å². The van der Waals surface area contributed by atoms with Crippen molar-refractivity contribution in [2.75, 3.05) is 6.54 Å². The molecule has 3 rings (SSSR count). The lowest BCUT2D eigenvalue weighted by Gasteiger charge is -2.09. The lowest BCUT2D eigenvalue weighted by Crippen LogP contribution is -2.28. The molecular weight excluding hydrogens is 378 g/mol. The second-order valence-electron chi connectivity index (χ2n) is 5.82. The number of carbonyl (C=O) groups excluding carboxylic acids is 3. The van der Waals surface area contributed by atoms with Crippen molar-refractivity contribution in [3.8, 4) is 18.1 Å². The van der Waals surface area contributed by atoms with E-state index in [1.54, 1.807) is 42.5 Å². The Labute approximate surface area is 165 Å².